The molecule has 0 aromatic rings. The number of nitrogens with one attached hydrogen (secondary N) is 1. The number of rotatable bonds is 9. The molecule has 0 rings (SSSR count). The topological polar surface area (TPSA) is 52.5 Å². The summed E-state index contributed by atoms with van der Waals surface area (Å²) in [5.41, 5.74) is 0. The van der Waals surface area contributed by atoms with E-state index in [2.05, 4.69) is 12.2 Å². The van der Waals surface area contributed by atoms with E-state index in [1.54, 1.807) is 0 Å². The van der Waals surface area contributed by atoms with E-state index in [9.17, 15) is 0 Å². The Bertz CT molecular complexity index is 118. The lowest BCUT2D eigenvalue weighted by Crippen LogP contribution is -2.31. The Hall–Kier alpha value is -0.120. The van der Waals surface area contributed by atoms with E-state index in [0.29, 0.717) is 6.04 Å². The van der Waals surface area contributed by atoms with E-state index >= 15 is 0 Å². The lowest BCUT2D eigenvalue weighted by molar-refractivity contribution is 0.181. The quantitative estimate of drug-likeness (QED) is 0.529. The van der Waals surface area contributed by atoms with Gasteiger partial charge in [0.05, 0.1) is 6.10 Å². The zero-order valence-electron chi connectivity index (χ0n) is 9.50. The van der Waals surface area contributed by atoms with Crippen molar-refractivity contribution in [2.45, 2.75) is 58.1 Å². The first-order valence-corrected chi connectivity index (χ1v) is 5.73. The highest BCUT2D eigenvalue weighted by molar-refractivity contribution is 4.66. The second kappa shape index (κ2) is 9.44. The Kier molecular flexibility index (Phi) is 9.35. The molecule has 3 nitrogen and oxygen atoms in total. The van der Waals surface area contributed by atoms with E-state index < -0.39 is 0 Å². The summed E-state index contributed by atoms with van der Waals surface area (Å²) in [7, 11) is 0. The van der Waals surface area contributed by atoms with Crippen LogP contribution in [0.3, 0.4) is 0 Å². The van der Waals surface area contributed by atoms with Crippen LogP contribution in [0.2, 0.25) is 0 Å². The third kappa shape index (κ3) is 8.48. The summed E-state index contributed by atoms with van der Waals surface area (Å²) < 4.78 is 0. The maximum atomic E-state index is 9.09. The van der Waals surface area contributed by atoms with Gasteiger partial charge in [-0.1, -0.05) is 13.3 Å². The predicted octanol–water partition coefficient (Wildman–Crippen LogP) is 1.29. The van der Waals surface area contributed by atoms with Crippen LogP contribution in [0.5, 0.6) is 0 Å². The monoisotopic (exact) mass is 203 g/mol. The summed E-state index contributed by atoms with van der Waals surface area (Å²) in [6.45, 7) is 5.12. The van der Waals surface area contributed by atoms with Gasteiger partial charge in [-0.2, -0.15) is 0 Å². The Morgan fingerprint density at radius 3 is 2.43 bits per heavy atom. The molecule has 0 saturated heterocycles. The summed E-state index contributed by atoms with van der Waals surface area (Å²) >= 11 is 0. The van der Waals surface area contributed by atoms with Crippen molar-refractivity contribution in [2.75, 3.05) is 13.2 Å². The Balaban J connectivity index is 3.50. The van der Waals surface area contributed by atoms with Gasteiger partial charge >= 0.3 is 0 Å². The van der Waals surface area contributed by atoms with Crippen LogP contribution >= 0.6 is 0 Å². The molecule has 0 radical (unpaired) electrons. The zero-order chi connectivity index (χ0) is 10.8. The lowest BCUT2D eigenvalue weighted by atomic mass is 10.1. The van der Waals surface area contributed by atoms with Crippen molar-refractivity contribution in [3.8, 4) is 0 Å². The van der Waals surface area contributed by atoms with Crippen LogP contribution in [0.1, 0.15) is 46.0 Å². The van der Waals surface area contributed by atoms with Gasteiger partial charge in [0.1, 0.15) is 0 Å². The highest BCUT2D eigenvalue weighted by Gasteiger charge is 2.06. The van der Waals surface area contributed by atoms with Crippen LogP contribution < -0.4 is 5.32 Å². The molecule has 0 heterocycles. The predicted molar refractivity (Wildman–Crippen MR) is 59.3 cm³/mol. The first-order chi connectivity index (χ1) is 6.70. The fraction of sp³-hybridized carbons (Fsp3) is 1.00. The molecular formula is C11H25NO2. The molecule has 86 valence electrons. The van der Waals surface area contributed by atoms with Gasteiger partial charge in [-0.3, -0.25) is 0 Å². The lowest BCUT2D eigenvalue weighted by Gasteiger charge is -2.18. The molecule has 3 N–H and O–H groups in total. The van der Waals surface area contributed by atoms with Gasteiger partial charge in [0, 0.05) is 12.6 Å². The molecule has 0 spiro atoms. The zero-order valence-corrected chi connectivity index (χ0v) is 9.50. The van der Waals surface area contributed by atoms with Crippen LogP contribution in [-0.4, -0.2) is 35.5 Å². The Labute approximate surface area is 87.5 Å². The highest BCUT2D eigenvalue weighted by atomic mass is 16.3. The largest absolute Gasteiger partial charge is 0.396 e. The van der Waals surface area contributed by atoms with Crippen LogP contribution in [-0.2, 0) is 0 Å². The Morgan fingerprint density at radius 1 is 1.21 bits per heavy atom. The van der Waals surface area contributed by atoms with Crippen molar-refractivity contribution in [3.05, 3.63) is 0 Å². The van der Waals surface area contributed by atoms with Crippen LogP contribution in [0.4, 0.5) is 0 Å². The van der Waals surface area contributed by atoms with E-state index in [1.807, 2.05) is 6.92 Å². The van der Waals surface area contributed by atoms with Gasteiger partial charge in [-0.05, 0) is 39.2 Å². The third-order valence-corrected chi connectivity index (χ3v) is 2.34. The number of hydrogen-bond acceptors (Lipinski definition) is 3. The summed E-state index contributed by atoms with van der Waals surface area (Å²) in [6, 6.07) is 0.505. The average Bonchev–Trinajstić information content (AvgIpc) is 2.13. The van der Waals surface area contributed by atoms with E-state index in [0.717, 1.165) is 38.6 Å². The summed E-state index contributed by atoms with van der Waals surface area (Å²) in [6.07, 6.45) is 4.80. The molecule has 0 aromatic heterocycles. The molecular weight excluding hydrogens is 178 g/mol. The van der Waals surface area contributed by atoms with Crippen LogP contribution in [0.15, 0.2) is 0 Å². The molecule has 0 aliphatic rings. The molecule has 0 bridgehead atoms. The van der Waals surface area contributed by atoms with Crippen molar-refractivity contribution in [1.82, 2.24) is 5.32 Å². The minimum atomic E-state index is -0.220. The van der Waals surface area contributed by atoms with Crippen molar-refractivity contribution in [2.24, 2.45) is 0 Å². The minimum Gasteiger partial charge on any atom is -0.396 e. The number of aliphatic hydroxyl groups excluding tert-OH is 2. The fourth-order valence-electron chi connectivity index (χ4n) is 1.53. The summed E-state index contributed by atoms with van der Waals surface area (Å²) in [4.78, 5) is 0. The van der Waals surface area contributed by atoms with Gasteiger partial charge in [0.25, 0.3) is 0 Å². The highest BCUT2D eigenvalue weighted by Crippen LogP contribution is 2.04. The third-order valence-electron chi connectivity index (χ3n) is 2.34. The van der Waals surface area contributed by atoms with Gasteiger partial charge in [-0.25, -0.2) is 0 Å². The summed E-state index contributed by atoms with van der Waals surface area (Å²) in [5.74, 6) is 0. The molecule has 0 aliphatic heterocycles. The molecule has 0 aliphatic carbocycles. The SMILES string of the molecule is CCCC(CCCO)NCCC(C)O. The molecule has 14 heavy (non-hydrogen) atoms. The maximum absolute atomic E-state index is 9.09. The normalized spacial score (nSPS) is 15.4. The van der Waals surface area contributed by atoms with Gasteiger partial charge in [-0.15, -0.1) is 0 Å². The first-order valence-electron chi connectivity index (χ1n) is 5.73. The van der Waals surface area contributed by atoms with Crippen LogP contribution in [0, 0.1) is 0 Å². The second-order valence-corrected chi connectivity index (χ2v) is 3.94. The van der Waals surface area contributed by atoms with Crippen molar-refractivity contribution in [3.63, 3.8) is 0 Å². The molecule has 0 amide bonds. The van der Waals surface area contributed by atoms with E-state index in [4.69, 9.17) is 10.2 Å². The van der Waals surface area contributed by atoms with Crippen molar-refractivity contribution in [1.29, 1.82) is 0 Å². The second-order valence-electron chi connectivity index (χ2n) is 3.94. The summed E-state index contributed by atoms with van der Waals surface area (Å²) in [5, 5.41) is 21.2. The average molecular weight is 203 g/mol. The molecule has 0 aromatic carbocycles. The van der Waals surface area contributed by atoms with Gasteiger partial charge < -0.3 is 15.5 Å². The molecule has 2 atom stereocenters. The van der Waals surface area contributed by atoms with E-state index in [-0.39, 0.29) is 12.7 Å². The molecule has 3 heteroatoms. The molecule has 0 fully saturated rings. The van der Waals surface area contributed by atoms with Crippen molar-refractivity contribution < 1.29 is 10.2 Å². The minimum absolute atomic E-state index is 0.220. The number of aliphatic hydroxyl groups is 2. The fourth-order valence-corrected chi connectivity index (χ4v) is 1.53. The molecule has 0 saturated carbocycles. The maximum Gasteiger partial charge on any atom is 0.0524 e. The van der Waals surface area contributed by atoms with Crippen molar-refractivity contribution >= 4 is 0 Å². The molecule has 2 unspecified atom stereocenters. The van der Waals surface area contributed by atoms with Gasteiger partial charge in [0.2, 0.25) is 0 Å². The number of hydrogen-bond donors (Lipinski definition) is 3. The standard InChI is InChI=1S/C11H25NO2/c1-3-5-11(6-4-9-13)12-8-7-10(2)14/h10-14H,3-9H2,1-2H3. The first kappa shape index (κ1) is 13.9. The Morgan fingerprint density at radius 2 is 1.93 bits per heavy atom. The van der Waals surface area contributed by atoms with Gasteiger partial charge in [0.15, 0.2) is 0 Å². The van der Waals surface area contributed by atoms with E-state index in [1.165, 1.54) is 0 Å². The smallest absolute Gasteiger partial charge is 0.0524 e. The van der Waals surface area contributed by atoms with Crippen LogP contribution in [0.25, 0.3) is 0 Å².